The molecule has 152 valence electrons. The van der Waals surface area contributed by atoms with Crippen LogP contribution in [0.4, 0.5) is 18.9 Å². The number of benzene rings is 2. The van der Waals surface area contributed by atoms with E-state index < -0.39 is 23.9 Å². The van der Waals surface area contributed by atoms with Gasteiger partial charge in [0.05, 0.1) is 11.6 Å². The predicted octanol–water partition coefficient (Wildman–Crippen LogP) is 3.02. The summed E-state index contributed by atoms with van der Waals surface area (Å²) in [4.78, 5) is 26.3. The maximum atomic E-state index is 12.5. The van der Waals surface area contributed by atoms with Gasteiger partial charge in [-0.2, -0.15) is 0 Å². The molecule has 0 aromatic heterocycles. The number of likely N-dealkylation sites (tertiary alicyclic amines) is 1. The second-order valence-corrected chi connectivity index (χ2v) is 6.51. The standard InChI is InChI=1S/C19H15F3N2O5/c20-19(21,22)29-14-4-2-1-3-13(14)23-17(25)12-8-24(9-12)18(26)11-5-6-15-16(7-11)28-10-27-15/h1-7,12H,8-10H2,(H,23,25). The molecule has 2 amide bonds. The first kappa shape index (κ1) is 18.9. The van der Waals surface area contributed by atoms with Gasteiger partial charge in [-0.25, -0.2) is 0 Å². The molecule has 2 aromatic carbocycles. The number of carbonyl (C=O) groups excluding carboxylic acids is 2. The van der Waals surface area contributed by atoms with Crippen LogP contribution < -0.4 is 19.5 Å². The fraction of sp³-hybridized carbons (Fsp3) is 0.263. The molecule has 2 aliphatic rings. The molecule has 2 heterocycles. The van der Waals surface area contributed by atoms with E-state index in [0.29, 0.717) is 17.1 Å². The highest BCUT2D eigenvalue weighted by atomic mass is 19.4. The molecule has 1 fully saturated rings. The van der Waals surface area contributed by atoms with E-state index in [1.54, 1.807) is 18.2 Å². The first-order valence-corrected chi connectivity index (χ1v) is 8.65. The van der Waals surface area contributed by atoms with Crippen molar-refractivity contribution in [2.75, 3.05) is 25.2 Å². The maximum absolute atomic E-state index is 12.5. The van der Waals surface area contributed by atoms with E-state index in [1.165, 1.54) is 23.1 Å². The number of hydrogen-bond donors (Lipinski definition) is 1. The first-order valence-electron chi connectivity index (χ1n) is 8.65. The Morgan fingerprint density at radius 2 is 1.79 bits per heavy atom. The van der Waals surface area contributed by atoms with E-state index >= 15 is 0 Å². The summed E-state index contributed by atoms with van der Waals surface area (Å²) in [7, 11) is 0. The molecule has 0 radical (unpaired) electrons. The molecule has 0 unspecified atom stereocenters. The van der Waals surface area contributed by atoms with Crippen molar-refractivity contribution in [3.63, 3.8) is 0 Å². The number of nitrogens with zero attached hydrogens (tertiary/aromatic N) is 1. The van der Waals surface area contributed by atoms with Gasteiger partial charge in [0.2, 0.25) is 12.7 Å². The maximum Gasteiger partial charge on any atom is 0.573 e. The highest BCUT2D eigenvalue weighted by Gasteiger charge is 2.37. The van der Waals surface area contributed by atoms with Gasteiger partial charge in [-0.1, -0.05) is 12.1 Å². The lowest BCUT2D eigenvalue weighted by molar-refractivity contribution is -0.274. The lowest BCUT2D eigenvalue weighted by atomic mass is 9.97. The van der Waals surface area contributed by atoms with Crippen molar-refractivity contribution in [3.8, 4) is 17.2 Å². The van der Waals surface area contributed by atoms with E-state index in [4.69, 9.17) is 9.47 Å². The SMILES string of the molecule is O=C(Nc1ccccc1OC(F)(F)F)C1CN(C(=O)c2ccc3c(c2)OCO3)C1. The van der Waals surface area contributed by atoms with Crippen LogP contribution in [0.25, 0.3) is 0 Å². The average molecular weight is 408 g/mol. The second kappa shape index (κ2) is 7.19. The van der Waals surface area contributed by atoms with Crippen LogP contribution in [0.3, 0.4) is 0 Å². The Hall–Kier alpha value is -3.43. The topological polar surface area (TPSA) is 77.1 Å². The number of hydrogen-bond acceptors (Lipinski definition) is 5. The molecule has 0 atom stereocenters. The van der Waals surface area contributed by atoms with Crippen molar-refractivity contribution in [2.24, 2.45) is 5.92 Å². The molecule has 0 saturated carbocycles. The van der Waals surface area contributed by atoms with Gasteiger partial charge < -0.3 is 24.4 Å². The fourth-order valence-electron chi connectivity index (χ4n) is 3.04. The number of para-hydroxylation sites is 2. The van der Waals surface area contributed by atoms with Crippen molar-refractivity contribution >= 4 is 17.5 Å². The summed E-state index contributed by atoms with van der Waals surface area (Å²) in [6.45, 7) is 0.404. The van der Waals surface area contributed by atoms with Crippen molar-refractivity contribution in [3.05, 3.63) is 48.0 Å². The number of nitrogens with one attached hydrogen (secondary N) is 1. The zero-order valence-electron chi connectivity index (χ0n) is 14.9. The molecule has 29 heavy (non-hydrogen) atoms. The molecule has 2 aromatic rings. The van der Waals surface area contributed by atoms with Crippen LogP contribution in [0, 0.1) is 5.92 Å². The van der Waals surface area contributed by atoms with Crippen LogP contribution in [0.2, 0.25) is 0 Å². The van der Waals surface area contributed by atoms with Gasteiger partial charge in [0.1, 0.15) is 0 Å². The minimum atomic E-state index is -4.87. The fourth-order valence-corrected chi connectivity index (χ4v) is 3.04. The van der Waals surface area contributed by atoms with Gasteiger partial charge in [0.15, 0.2) is 17.2 Å². The molecular weight excluding hydrogens is 393 g/mol. The van der Waals surface area contributed by atoms with E-state index in [0.717, 1.165) is 6.07 Å². The van der Waals surface area contributed by atoms with Gasteiger partial charge in [-0.05, 0) is 30.3 Å². The van der Waals surface area contributed by atoms with Crippen LogP contribution in [0.1, 0.15) is 10.4 Å². The lowest BCUT2D eigenvalue weighted by Crippen LogP contribution is -2.54. The summed E-state index contributed by atoms with van der Waals surface area (Å²) in [5.74, 6) is -0.756. The van der Waals surface area contributed by atoms with E-state index in [9.17, 15) is 22.8 Å². The molecule has 0 spiro atoms. The van der Waals surface area contributed by atoms with E-state index in [-0.39, 0.29) is 31.5 Å². The molecule has 0 bridgehead atoms. The van der Waals surface area contributed by atoms with Crippen LogP contribution in [0.5, 0.6) is 17.2 Å². The van der Waals surface area contributed by atoms with Crippen molar-refractivity contribution in [2.45, 2.75) is 6.36 Å². The van der Waals surface area contributed by atoms with Crippen LogP contribution >= 0.6 is 0 Å². The van der Waals surface area contributed by atoms with Crippen molar-refractivity contribution in [1.29, 1.82) is 0 Å². The number of rotatable bonds is 4. The van der Waals surface area contributed by atoms with Crippen LogP contribution in [-0.2, 0) is 4.79 Å². The van der Waals surface area contributed by atoms with E-state index in [1.807, 2.05) is 0 Å². The quantitative estimate of drug-likeness (QED) is 0.842. The molecule has 1 saturated heterocycles. The number of alkyl halides is 3. The number of fused-ring (bicyclic) bond motifs is 1. The smallest absolute Gasteiger partial charge is 0.454 e. The Morgan fingerprint density at radius 3 is 2.55 bits per heavy atom. The number of amides is 2. The normalized spacial score (nSPS) is 15.6. The molecule has 10 heteroatoms. The van der Waals surface area contributed by atoms with Crippen LogP contribution in [-0.4, -0.2) is 43.0 Å². The van der Waals surface area contributed by atoms with E-state index in [2.05, 4.69) is 10.1 Å². The Kier molecular flexibility index (Phi) is 4.69. The highest BCUT2D eigenvalue weighted by molar-refractivity contribution is 5.99. The highest BCUT2D eigenvalue weighted by Crippen LogP contribution is 2.34. The van der Waals surface area contributed by atoms with Gasteiger partial charge in [-0.3, -0.25) is 9.59 Å². The molecule has 7 nitrogen and oxygen atoms in total. The van der Waals surface area contributed by atoms with Gasteiger partial charge in [0.25, 0.3) is 5.91 Å². The minimum Gasteiger partial charge on any atom is -0.454 e. The Labute approximate surface area is 163 Å². The number of carbonyl (C=O) groups is 2. The molecule has 0 aliphatic carbocycles. The van der Waals surface area contributed by atoms with Gasteiger partial charge >= 0.3 is 6.36 Å². The zero-order valence-corrected chi connectivity index (χ0v) is 14.9. The summed E-state index contributed by atoms with van der Waals surface area (Å²) in [6.07, 6.45) is -4.87. The number of ether oxygens (including phenoxy) is 3. The monoisotopic (exact) mass is 408 g/mol. The number of halogens is 3. The third kappa shape index (κ3) is 4.05. The average Bonchev–Trinajstić information content (AvgIpc) is 3.08. The largest absolute Gasteiger partial charge is 0.573 e. The van der Waals surface area contributed by atoms with Crippen molar-refractivity contribution < 1.29 is 37.0 Å². The Morgan fingerprint density at radius 1 is 1.07 bits per heavy atom. The summed E-state index contributed by atoms with van der Waals surface area (Å²) < 4.78 is 51.8. The summed E-state index contributed by atoms with van der Waals surface area (Å²) in [5, 5.41) is 2.43. The summed E-state index contributed by atoms with van der Waals surface area (Å²) in [6, 6.07) is 10.1. The Balaban J connectivity index is 1.36. The second-order valence-electron chi connectivity index (χ2n) is 6.51. The summed E-state index contributed by atoms with van der Waals surface area (Å²) in [5.41, 5.74) is 0.312. The van der Waals surface area contributed by atoms with Gasteiger partial charge in [0, 0.05) is 18.7 Å². The lowest BCUT2D eigenvalue weighted by Gasteiger charge is -2.38. The molecule has 1 N–H and O–H groups in total. The number of anilines is 1. The molecule has 2 aliphatic heterocycles. The predicted molar refractivity (Wildman–Crippen MR) is 93.7 cm³/mol. The third-order valence-corrected chi connectivity index (χ3v) is 4.53. The third-order valence-electron chi connectivity index (χ3n) is 4.53. The Bertz CT molecular complexity index is 957. The summed E-state index contributed by atoms with van der Waals surface area (Å²) >= 11 is 0. The van der Waals surface area contributed by atoms with Crippen molar-refractivity contribution in [1.82, 2.24) is 4.90 Å². The molecular formula is C19H15F3N2O5. The molecule has 4 rings (SSSR count). The van der Waals surface area contributed by atoms with Crippen LogP contribution in [0.15, 0.2) is 42.5 Å². The minimum absolute atomic E-state index is 0.0876. The zero-order chi connectivity index (χ0) is 20.6. The van der Waals surface area contributed by atoms with Gasteiger partial charge in [-0.15, -0.1) is 13.2 Å². The first-order chi connectivity index (χ1) is 13.8.